The molecular weight excluding hydrogens is 1390 g/mol. The molecule has 0 saturated carbocycles. The molecule has 2 heterocycles. The fraction of sp³-hybridized carbons (Fsp3) is 0.140. The molecule has 0 spiro atoms. The van der Waals surface area contributed by atoms with E-state index in [1.54, 1.807) is 72.8 Å². The molecular formula is C86H64Cl4N4O10. The van der Waals surface area contributed by atoms with Crippen molar-refractivity contribution in [3.63, 3.8) is 0 Å². The van der Waals surface area contributed by atoms with Crippen molar-refractivity contribution in [3.8, 4) is 46.0 Å². The van der Waals surface area contributed by atoms with Crippen LogP contribution in [0, 0.1) is 0 Å². The number of ether oxygens (including phenoxy) is 4. The lowest BCUT2D eigenvalue weighted by Crippen LogP contribution is -2.53. The second-order valence-corrected chi connectivity index (χ2v) is 27.5. The molecule has 2 atom stereocenters. The van der Waals surface area contributed by atoms with Gasteiger partial charge in [-0.25, -0.2) is 0 Å². The highest BCUT2D eigenvalue weighted by atomic mass is 35.5. The van der Waals surface area contributed by atoms with Crippen LogP contribution in [0.25, 0.3) is 43.1 Å². The van der Waals surface area contributed by atoms with E-state index in [4.69, 9.17) is 65.4 Å². The molecule has 2 unspecified atom stereocenters. The first kappa shape index (κ1) is 68.5. The Kier molecular flexibility index (Phi) is 18.8. The molecule has 18 heteroatoms. The topological polar surface area (TPSA) is 170 Å². The van der Waals surface area contributed by atoms with Crippen LogP contribution in [-0.2, 0) is 48.1 Å². The van der Waals surface area contributed by atoms with E-state index in [9.17, 15) is 0 Å². The standard InChI is InChI=1S/C86H64Cl4N4O10/c1-5-47-23-15-27-59(31-47)101-69-43-63-73-64(84(98)93(83(63)97)67(35-51-19-11-9-12-20-51)81(95)91-57-39-53(87)37-54(88)40-57)45-71(103-61-29-17-25-49(7-3)33-61)77-78-72(104-62-30-18-26-50(8-4)34-62)46-66-74-65(44-70(76(80(74)78)75(69)79(73)77)102-60-28-16-24-48(6-2)32-60)85(99)94(86(66)100)68(36-52-21-13-10-14-22-52)82(96)92-58-41-55(89)38-56(90)42-58/h9-34,37-46,67-68H,5-8,35-36H2,1-4H3,(H,91,95)(H,92,96). The van der Waals surface area contributed by atoms with Crippen LogP contribution in [0.2, 0.25) is 20.1 Å². The molecule has 13 aromatic rings. The van der Waals surface area contributed by atoms with Crippen molar-refractivity contribution in [1.29, 1.82) is 0 Å². The number of hydrogen-bond acceptors (Lipinski definition) is 10. The van der Waals surface area contributed by atoms with Gasteiger partial charge in [-0.1, -0.05) is 183 Å². The van der Waals surface area contributed by atoms with Crippen LogP contribution in [-0.4, -0.2) is 57.3 Å². The van der Waals surface area contributed by atoms with Gasteiger partial charge in [0.25, 0.3) is 23.6 Å². The molecule has 14 nitrogen and oxygen atoms in total. The van der Waals surface area contributed by atoms with Crippen molar-refractivity contribution in [1.82, 2.24) is 9.80 Å². The highest BCUT2D eigenvalue weighted by Crippen LogP contribution is 2.58. The second kappa shape index (κ2) is 28.5. The Balaban J connectivity index is 1.09. The number of benzene rings is 13. The molecule has 2 aliphatic heterocycles. The number of imide groups is 2. The quantitative estimate of drug-likeness (QED) is 0.0378. The molecule has 0 aromatic heterocycles. The van der Waals surface area contributed by atoms with Gasteiger partial charge in [-0.05, 0) is 168 Å². The Bertz CT molecular complexity index is 5080. The third kappa shape index (κ3) is 13.0. The highest BCUT2D eigenvalue weighted by Gasteiger charge is 2.47. The first-order valence-electron chi connectivity index (χ1n) is 34.2. The molecule has 0 bridgehead atoms. The lowest BCUT2D eigenvalue weighted by Gasteiger charge is -2.36. The number of hydrogen-bond donors (Lipinski definition) is 2. The van der Waals surface area contributed by atoms with E-state index >= 15 is 28.8 Å². The summed E-state index contributed by atoms with van der Waals surface area (Å²) in [6, 6.07) is 60.6. The van der Waals surface area contributed by atoms with E-state index in [1.807, 2.05) is 137 Å². The van der Waals surface area contributed by atoms with Crippen LogP contribution >= 0.6 is 46.4 Å². The van der Waals surface area contributed by atoms with Crippen LogP contribution < -0.4 is 29.6 Å². The summed E-state index contributed by atoms with van der Waals surface area (Å²) in [6.07, 6.45) is 2.25. The first-order chi connectivity index (χ1) is 50.4. The van der Waals surface area contributed by atoms with Gasteiger partial charge in [0.05, 0.1) is 22.3 Å². The summed E-state index contributed by atoms with van der Waals surface area (Å²) in [7, 11) is 0. The average Bonchev–Trinajstić information content (AvgIpc) is 0.670. The maximum Gasteiger partial charge on any atom is 0.262 e. The van der Waals surface area contributed by atoms with E-state index < -0.39 is 47.5 Å². The normalized spacial score (nSPS) is 13.3. The summed E-state index contributed by atoms with van der Waals surface area (Å²) < 4.78 is 29.3. The highest BCUT2D eigenvalue weighted by molar-refractivity contribution is 6.45. The lowest BCUT2D eigenvalue weighted by atomic mass is 9.80. The predicted molar refractivity (Wildman–Crippen MR) is 410 cm³/mol. The van der Waals surface area contributed by atoms with Gasteiger partial charge in [0.2, 0.25) is 11.8 Å². The van der Waals surface area contributed by atoms with Gasteiger partial charge in [0.1, 0.15) is 58.1 Å². The van der Waals surface area contributed by atoms with Crippen LogP contribution in [0.3, 0.4) is 0 Å². The number of nitrogens with one attached hydrogen (secondary N) is 2. The molecule has 0 aliphatic carbocycles. The van der Waals surface area contributed by atoms with E-state index in [0.717, 1.165) is 32.1 Å². The third-order valence-corrected chi connectivity index (χ3v) is 20.0. The third-order valence-electron chi connectivity index (χ3n) is 19.1. The molecule has 6 amide bonds. The molecule has 104 heavy (non-hydrogen) atoms. The number of fused-ring (bicyclic) bond motifs is 2. The zero-order chi connectivity index (χ0) is 72.2. The van der Waals surface area contributed by atoms with Gasteiger partial charge in [0.15, 0.2) is 0 Å². The molecule has 15 rings (SSSR count). The lowest BCUT2D eigenvalue weighted by molar-refractivity contribution is -0.120. The van der Waals surface area contributed by atoms with E-state index in [1.165, 1.54) is 36.4 Å². The molecule has 0 saturated heterocycles. The fourth-order valence-corrected chi connectivity index (χ4v) is 15.3. The Labute approximate surface area is 618 Å². The largest absolute Gasteiger partial charge is 0.457 e. The summed E-state index contributed by atoms with van der Waals surface area (Å²) in [6.45, 7) is 8.07. The maximum atomic E-state index is 16.6. The summed E-state index contributed by atoms with van der Waals surface area (Å²) in [5.74, 6) is -3.02. The van der Waals surface area contributed by atoms with Crippen LogP contribution in [0.1, 0.15) is 103 Å². The first-order valence-corrected chi connectivity index (χ1v) is 35.8. The van der Waals surface area contributed by atoms with Crippen LogP contribution in [0.5, 0.6) is 46.0 Å². The van der Waals surface area contributed by atoms with Crippen molar-refractivity contribution >= 4 is 136 Å². The van der Waals surface area contributed by atoms with Crippen LogP contribution in [0.15, 0.2) is 218 Å². The Hall–Kier alpha value is -11.3. The van der Waals surface area contributed by atoms with Crippen LogP contribution in [0.4, 0.5) is 11.4 Å². The average molecular weight is 1460 g/mol. The van der Waals surface area contributed by atoms with Crippen molar-refractivity contribution in [3.05, 3.63) is 294 Å². The maximum absolute atomic E-state index is 16.6. The number of carbonyl (C=O) groups is 6. The van der Waals surface area contributed by atoms with Gasteiger partial charge in [-0.2, -0.15) is 0 Å². The summed E-state index contributed by atoms with van der Waals surface area (Å²) >= 11 is 26.1. The van der Waals surface area contributed by atoms with Gasteiger partial charge in [0, 0.05) is 87.4 Å². The number of nitrogens with zero attached hydrogens (tertiary/aromatic N) is 2. The smallest absolute Gasteiger partial charge is 0.262 e. The number of rotatable bonds is 22. The Morgan fingerprint density at radius 2 is 0.577 bits per heavy atom. The summed E-state index contributed by atoms with van der Waals surface area (Å²) in [5, 5.41) is 8.77. The number of carbonyl (C=O) groups excluding carboxylic acids is 6. The Morgan fingerprint density at radius 3 is 0.837 bits per heavy atom. The summed E-state index contributed by atoms with van der Waals surface area (Å²) in [5.41, 5.74) is 5.32. The minimum Gasteiger partial charge on any atom is -0.457 e. The number of amides is 6. The van der Waals surface area contributed by atoms with E-state index in [-0.39, 0.29) is 133 Å². The minimum atomic E-state index is -1.51. The van der Waals surface area contributed by atoms with Gasteiger partial charge >= 0.3 is 0 Å². The fourth-order valence-electron chi connectivity index (χ4n) is 14.2. The number of anilines is 2. The van der Waals surface area contributed by atoms with Crippen molar-refractivity contribution in [2.45, 2.75) is 78.3 Å². The summed E-state index contributed by atoms with van der Waals surface area (Å²) in [4.78, 5) is 99.1. The van der Waals surface area contributed by atoms with Crippen molar-refractivity contribution in [2.75, 3.05) is 10.6 Å². The van der Waals surface area contributed by atoms with Gasteiger partial charge in [-0.3, -0.25) is 38.6 Å². The SMILES string of the molecule is CCc1cccc(Oc2cc3c4c(cc(Oc5cccc(CC)c5)c5c6c(Oc7cccc(CC)c7)cc7c8c(cc(Oc9cccc(CC)c9)c(c2c45)c86)C(=O)N(C(Cc2ccccc2)C(=O)Nc2cc(Cl)cc(Cl)c2)C7=O)C(=O)N(C(Cc2ccccc2)C(=O)Nc2cc(Cl)cc(Cl)c2)C3=O)c1. The Morgan fingerprint density at radius 1 is 0.317 bits per heavy atom. The number of halogens is 4. The molecule has 13 aromatic carbocycles. The van der Waals surface area contributed by atoms with Gasteiger partial charge in [-0.15, -0.1) is 0 Å². The van der Waals surface area contributed by atoms with Crippen molar-refractivity contribution < 1.29 is 47.7 Å². The molecule has 2 N–H and O–H groups in total. The van der Waals surface area contributed by atoms with Crippen molar-refractivity contribution in [2.24, 2.45) is 0 Å². The molecule has 0 radical (unpaired) electrons. The predicted octanol–water partition coefficient (Wildman–Crippen LogP) is 21.5. The zero-order valence-corrected chi connectivity index (χ0v) is 59.7. The molecule has 0 fully saturated rings. The molecule has 2 aliphatic rings. The second-order valence-electron chi connectivity index (χ2n) is 25.8. The van der Waals surface area contributed by atoms with E-state index in [0.29, 0.717) is 59.8 Å². The molecule has 516 valence electrons. The van der Waals surface area contributed by atoms with Gasteiger partial charge < -0.3 is 29.6 Å². The zero-order valence-electron chi connectivity index (χ0n) is 56.7. The monoisotopic (exact) mass is 1450 g/mol. The number of aryl methyl sites for hydroxylation is 4. The van der Waals surface area contributed by atoms with E-state index in [2.05, 4.69) is 10.6 Å². The minimum absolute atomic E-state index is 0.0218.